The van der Waals surface area contributed by atoms with Gasteiger partial charge in [-0.15, -0.1) is 0 Å². The summed E-state index contributed by atoms with van der Waals surface area (Å²) < 4.78 is 19.9. The number of aliphatic imine (C=N–C) groups is 1. The molecule has 3 heterocycles. The Labute approximate surface area is 147 Å². The van der Waals surface area contributed by atoms with Crippen LogP contribution in [0.3, 0.4) is 0 Å². The van der Waals surface area contributed by atoms with Gasteiger partial charge in [0.05, 0.1) is 24.5 Å². The van der Waals surface area contributed by atoms with E-state index in [1.165, 1.54) is 12.8 Å². The molecule has 4 aliphatic rings. The molecule has 1 aliphatic carbocycles. The first kappa shape index (κ1) is 16.4. The molecule has 25 heavy (non-hydrogen) atoms. The standard InChI is InChI=1S/C18H26FN5O/c1-11(2)25-16-7-12-14(8-13(16)19)22-23-18(12)15-9-17(21-10-20-15)24-5-3-4-6-24/h8-12,15,18,22-23H,3-7H2,1-2H3,(H,20,21). The topological polar surface area (TPSA) is 60.9 Å². The summed E-state index contributed by atoms with van der Waals surface area (Å²) in [5, 5.41) is 3.27. The Balaban J connectivity index is 1.51. The van der Waals surface area contributed by atoms with Crippen LogP contribution in [0.15, 0.2) is 40.2 Å². The minimum Gasteiger partial charge on any atom is -0.492 e. The number of hydrazine groups is 1. The first-order chi connectivity index (χ1) is 12.1. The zero-order valence-electron chi connectivity index (χ0n) is 14.8. The molecule has 0 aromatic rings. The van der Waals surface area contributed by atoms with E-state index in [0.29, 0.717) is 12.2 Å². The lowest BCUT2D eigenvalue weighted by molar-refractivity contribution is 0.124. The van der Waals surface area contributed by atoms with Crippen LogP contribution in [0.25, 0.3) is 0 Å². The van der Waals surface area contributed by atoms with Crippen molar-refractivity contribution in [3.05, 3.63) is 35.3 Å². The van der Waals surface area contributed by atoms with Crippen molar-refractivity contribution in [3.63, 3.8) is 0 Å². The maximum Gasteiger partial charge on any atom is 0.162 e. The van der Waals surface area contributed by atoms with Crippen molar-refractivity contribution in [2.24, 2.45) is 10.9 Å². The van der Waals surface area contributed by atoms with Crippen LogP contribution >= 0.6 is 0 Å². The molecule has 0 amide bonds. The van der Waals surface area contributed by atoms with Crippen molar-refractivity contribution in [3.8, 4) is 0 Å². The number of nitrogens with zero attached hydrogens (tertiary/aromatic N) is 2. The molecule has 136 valence electrons. The lowest BCUT2D eigenvalue weighted by Gasteiger charge is -2.30. The summed E-state index contributed by atoms with van der Waals surface area (Å²) in [6.45, 7) is 6.02. The van der Waals surface area contributed by atoms with Gasteiger partial charge in [0.2, 0.25) is 0 Å². The summed E-state index contributed by atoms with van der Waals surface area (Å²) in [7, 11) is 0. The zero-order chi connectivity index (χ0) is 17.4. The molecule has 3 unspecified atom stereocenters. The predicted molar refractivity (Wildman–Crippen MR) is 94.9 cm³/mol. The Bertz CT molecular complexity index is 648. The van der Waals surface area contributed by atoms with Gasteiger partial charge in [0.25, 0.3) is 0 Å². The normalized spacial score (nSPS) is 31.5. The van der Waals surface area contributed by atoms with E-state index in [1.54, 1.807) is 12.4 Å². The van der Waals surface area contributed by atoms with E-state index < -0.39 is 0 Å². The number of hydrogen-bond donors (Lipinski definition) is 3. The van der Waals surface area contributed by atoms with Gasteiger partial charge in [-0.05, 0) is 38.8 Å². The highest BCUT2D eigenvalue weighted by atomic mass is 19.1. The average Bonchev–Trinajstić information content (AvgIpc) is 3.24. The monoisotopic (exact) mass is 347 g/mol. The molecule has 3 N–H and O–H groups in total. The number of allylic oxidation sites excluding steroid dienone is 3. The third kappa shape index (κ3) is 3.25. The fraction of sp³-hybridized carbons (Fsp3) is 0.611. The van der Waals surface area contributed by atoms with Crippen molar-refractivity contribution in [1.29, 1.82) is 0 Å². The number of rotatable bonds is 4. The third-order valence-electron chi connectivity index (χ3n) is 5.15. The van der Waals surface area contributed by atoms with Crippen molar-refractivity contribution in [1.82, 2.24) is 21.1 Å². The molecule has 2 fully saturated rings. The van der Waals surface area contributed by atoms with Crippen LogP contribution in [-0.2, 0) is 4.74 Å². The van der Waals surface area contributed by atoms with Gasteiger partial charge in [-0.1, -0.05) is 0 Å². The van der Waals surface area contributed by atoms with E-state index in [4.69, 9.17) is 4.74 Å². The van der Waals surface area contributed by atoms with Gasteiger partial charge < -0.3 is 20.4 Å². The van der Waals surface area contributed by atoms with Gasteiger partial charge in [-0.25, -0.2) is 9.82 Å². The summed E-state index contributed by atoms with van der Waals surface area (Å²) in [5.41, 5.74) is 7.32. The van der Waals surface area contributed by atoms with Gasteiger partial charge in [0.15, 0.2) is 5.83 Å². The van der Waals surface area contributed by atoms with Crippen LogP contribution in [0, 0.1) is 5.92 Å². The zero-order valence-corrected chi connectivity index (χ0v) is 14.8. The molecule has 2 saturated heterocycles. The molecule has 0 saturated carbocycles. The summed E-state index contributed by atoms with van der Waals surface area (Å²) in [5.74, 6) is 1.43. The maximum atomic E-state index is 14.2. The first-order valence-electron chi connectivity index (χ1n) is 9.15. The summed E-state index contributed by atoms with van der Waals surface area (Å²) in [6, 6.07) is 0.0720. The lowest BCUT2D eigenvalue weighted by atomic mass is 9.86. The van der Waals surface area contributed by atoms with E-state index in [0.717, 1.165) is 24.6 Å². The fourth-order valence-electron chi connectivity index (χ4n) is 3.95. The van der Waals surface area contributed by atoms with Crippen LogP contribution in [0.5, 0.6) is 0 Å². The van der Waals surface area contributed by atoms with Crippen LogP contribution < -0.4 is 16.2 Å². The van der Waals surface area contributed by atoms with E-state index >= 15 is 0 Å². The SMILES string of the molecule is CC(C)OC1=C(F)C=C2NNC(C3C=C(N4CCCC4)NC=N3)C2C1. The molecular weight excluding hydrogens is 321 g/mol. The smallest absolute Gasteiger partial charge is 0.162 e. The van der Waals surface area contributed by atoms with E-state index in [9.17, 15) is 4.39 Å². The molecule has 3 atom stereocenters. The van der Waals surface area contributed by atoms with Gasteiger partial charge in [-0.2, -0.15) is 0 Å². The molecule has 3 aliphatic heterocycles. The van der Waals surface area contributed by atoms with Gasteiger partial charge in [0, 0.05) is 31.1 Å². The second kappa shape index (κ2) is 6.71. The minimum absolute atomic E-state index is 0.00158. The molecule has 7 heteroatoms. The molecule has 0 aromatic carbocycles. The Morgan fingerprint density at radius 1 is 1.32 bits per heavy atom. The second-order valence-corrected chi connectivity index (χ2v) is 7.30. The Kier molecular flexibility index (Phi) is 4.41. The van der Waals surface area contributed by atoms with E-state index in [1.807, 2.05) is 13.8 Å². The van der Waals surface area contributed by atoms with Gasteiger partial charge >= 0.3 is 0 Å². The van der Waals surface area contributed by atoms with Crippen molar-refractivity contribution in [2.45, 2.75) is 51.3 Å². The molecular formula is C18H26FN5O. The van der Waals surface area contributed by atoms with E-state index in [-0.39, 0.29) is 29.9 Å². The Morgan fingerprint density at radius 3 is 2.88 bits per heavy atom. The number of halogens is 1. The molecule has 6 nitrogen and oxygen atoms in total. The Morgan fingerprint density at radius 2 is 2.12 bits per heavy atom. The number of fused-ring (bicyclic) bond motifs is 1. The third-order valence-corrected chi connectivity index (χ3v) is 5.15. The molecule has 0 bridgehead atoms. The highest BCUT2D eigenvalue weighted by molar-refractivity contribution is 5.60. The quantitative estimate of drug-likeness (QED) is 0.725. The number of ether oxygens (including phenoxy) is 1. The molecule has 4 rings (SSSR count). The second-order valence-electron chi connectivity index (χ2n) is 7.30. The van der Waals surface area contributed by atoms with Crippen LogP contribution in [0.4, 0.5) is 4.39 Å². The maximum absolute atomic E-state index is 14.2. The summed E-state index contributed by atoms with van der Waals surface area (Å²) in [6.07, 6.45) is 8.51. The molecule has 0 aromatic heterocycles. The van der Waals surface area contributed by atoms with Crippen LogP contribution in [0.2, 0.25) is 0 Å². The van der Waals surface area contributed by atoms with Gasteiger partial charge in [-0.3, -0.25) is 4.99 Å². The van der Waals surface area contributed by atoms with Crippen LogP contribution in [-0.4, -0.2) is 42.5 Å². The highest BCUT2D eigenvalue weighted by Crippen LogP contribution is 2.36. The number of nitrogens with one attached hydrogen (secondary N) is 3. The molecule has 0 radical (unpaired) electrons. The number of hydrogen-bond acceptors (Lipinski definition) is 6. The fourth-order valence-corrected chi connectivity index (χ4v) is 3.95. The molecule has 0 spiro atoms. The number of likely N-dealkylation sites (tertiary alicyclic amines) is 1. The lowest BCUT2D eigenvalue weighted by Crippen LogP contribution is -2.44. The first-order valence-corrected chi connectivity index (χ1v) is 9.15. The van der Waals surface area contributed by atoms with Crippen LogP contribution in [0.1, 0.15) is 33.1 Å². The van der Waals surface area contributed by atoms with Gasteiger partial charge in [0.1, 0.15) is 11.6 Å². The summed E-state index contributed by atoms with van der Waals surface area (Å²) >= 11 is 0. The predicted octanol–water partition coefficient (Wildman–Crippen LogP) is 1.91. The Hall–Kier alpha value is -2.02. The van der Waals surface area contributed by atoms with E-state index in [2.05, 4.69) is 32.1 Å². The highest BCUT2D eigenvalue weighted by Gasteiger charge is 2.40. The minimum atomic E-state index is -0.281. The largest absolute Gasteiger partial charge is 0.492 e. The van der Waals surface area contributed by atoms with Crippen molar-refractivity contribution >= 4 is 6.34 Å². The van der Waals surface area contributed by atoms with Crippen molar-refractivity contribution < 1.29 is 9.13 Å². The average molecular weight is 347 g/mol. The summed E-state index contributed by atoms with van der Waals surface area (Å²) in [4.78, 5) is 6.98. The van der Waals surface area contributed by atoms with Crippen molar-refractivity contribution in [2.75, 3.05) is 13.1 Å².